The van der Waals surface area contributed by atoms with Gasteiger partial charge in [-0.05, 0) is 43.2 Å². The second-order valence-electron chi connectivity index (χ2n) is 6.81. The van der Waals surface area contributed by atoms with E-state index in [1.54, 1.807) is 6.20 Å². The Balaban J connectivity index is 2.15. The third-order valence-corrected chi connectivity index (χ3v) is 4.80. The van der Waals surface area contributed by atoms with Crippen molar-refractivity contribution >= 4 is 16.7 Å². The van der Waals surface area contributed by atoms with Crippen LogP contribution in [0, 0.1) is 6.92 Å². The molecule has 0 saturated heterocycles. The van der Waals surface area contributed by atoms with Gasteiger partial charge in [-0.15, -0.1) is 0 Å². The lowest BCUT2D eigenvalue weighted by molar-refractivity contribution is 0.0976. The highest BCUT2D eigenvalue weighted by atomic mass is 16.1. The van der Waals surface area contributed by atoms with Crippen molar-refractivity contribution in [1.29, 1.82) is 0 Å². The highest BCUT2D eigenvalue weighted by Gasteiger charge is 2.24. The fourth-order valence-corrected chi connectivity index (χ4v) is 3.64. The van der Waals surface area contributed by atoms with E-state index >= 15 is 0 Å². The summed E-state index contributed by atoms with van der Waals surface area (Å²) in [4.78, 5) is 17.8. The summed E-state index contributed by atoms with van der Waals surface area (Å²) in [6.07, 6.45) is 3.10. The van der Waals surface area contributed by atoms with Gasteiger partial charge in [0, 0.05) is 23.6 Å². The molecule has 0 atom stereocenters. The fraction of sp³-hybridized carbons (Fsp3) is 0.167. The van der Waals surface area contributed by atoms with Crippen LogP contribution in [0.5, 0.6) is 0 Å². The van der Waals surface area contributed by atoms with E-state index in [0.29, 0.717) is 6.42 Å². The van der Waals surface area contributed by atoms with Crippen molar-refractivity contribution in [2.45, 2.75) is 26.7 Å². The molecule has 2 aromatic carbocycles. The molecule has 4 aromatic rings. The molecule has 0 bridgehead atoms. The largest absolute Gasteiger partial charge is 0.292 e. The van der Waals surface area contributed by atoms with Gasteiger partial charge in [0.15, 0.2) is 5.78 Å². The Morgan fingerprint density at radius 1 is 1.00 bits per heavy atom. The highest BCUT2D eigenvalue weighted by molar-refractivity contribution is 6.12. The summed E-state index contributed by atoms with van der Waals surface area (Å²) in [7, 11) is 0. The van der Waals surface area contributed by atoms with Crippen LogP contribution in [0.15, 0.2) is 72.9 Å². The second-order valence-corrected chi connectivity index (χ2v) is 6.81. The molecule has 27 heavy (non-hydrogen) atoms. The molecule has 3 heteroatoms. The number of fused-ring (bicyclic) bond motifs is 1. The number of hydrogen-bond donors (Lipinski definition) is 0. The molecule has 0 saturated carbocycles. The van der Waals surface area contributed by atoms with Gasteiger partial charge in [-0.3, -0.25) is 9.36 Å². The van der Waals surface area contributed by atoms with Crippen molar-refractivity contribution in [3.63, 3.8) is 0 Å². The number of carbonyl (C=O) groups excluding carboxylic acids is 1. The average molecular weight is 354 g/mol. The number of Topliss-reactive ketones (excluding diaryl/α,β-unsaturated/α-hetero) is 1. The minimum absolute atomic E-state index is 0.149. The van der Waals surface area contributed by atoms with Crippen LogP contribution in [-0.2, 0) is 0 Å². The lowest BCUT2D eigenvalue weighted by atomic mass is 9.98. The maximum Gasteiger partial charge on any atom is 0.180 e. The van der Waals surface area contributed by atoms with E-state index in [4.69, 9.17) is 0 Å². The quantitative estimate of drug-likeness (QED) is 0.413. The molecule has 0 aliphatic rings. The summed E-state index contributed by atoms with van der Waals surface area (Å²) in [6.45, 7) is 4.12. The molecular weight excluding hydrogens is 332 g/mol. The molecule has 4 rings (SSSR count). The van der Waals surface area contributed by atoms with Crippen LogP contribution in [0.1, 0.15) is 35.8 Å². The Kier molecular flexibility index (Phi) is 4.59. The first-order valence-corrected chi connectivity index (χ1v) is 9.35. The van der Waals surface area contributed by atoms with Crippen LogP contribution in [0.3, 0.4) is 0 Å². The standard InChI is InChI=1S/C24H22N2O/c1-3-9-21(27)24-23(18-10-5-4-6-11-18)19-16-17(2)13-14-20(19)26(24)22-12-7-8-15-25-22/h4-8,10-16H,3,9H2,1-2H3. The van der Waals surface area contributed by atoms with Crippen molar-refractivity contribution in [3.05, 3.63) is 84.2 Å². The molecule has 0 radical (unpaired) electrons. The average Bonchev–Trinajstić information content (AvgIpc) is 3.04. The van der Waals surface area contributed by atoms with Crippen LogP contribution in [0.2, 0.25) is 0 Å². The van der Waals surface area contributed by atoms with Gasteiger partial charge in [0.2, 0.25) is 0 Å². The van der Waals surface area contributed by atoms with Crippen molar-refractivity contribution in [2.24, 2.45) is 0 Å². The van der Waals surface area contributed by atoms with E-state index < -0.39 is 0 Å². The number of rotatable bonds is 5. The first-order chi connectivity index (χ1) is 13.2. The third kappa shape index (κ3) is 3.06. The zero-order chi connectivity index (χ0) is 18.8. The van der Waals surface area contributed by atoms with E-state index in [0.717, 1.165) is 40.0 Å². The Hall–Kier alpha value is -3.20. The normalized spacial score (nSPS) is 11.0. The lowest BCUT2D eigenvalue weighted by Gasteiger charge is -2.11. The van der Waals surface area contributed by atoms with Crippen molar-refractivity contribution < 1.29 is 4.79 Å². The summed E-state index contributed by atoms with van der Waals surface area (Å²) in [5, 5.41) is 1.09. The number of aromatic nitrogens is 2. The van der Waals surface area contributed by atoms with Crippen LogP contribution in [-0.4, -0.2) is 15.3 Å². The second kappa shape index (κ2) is 7.20. The molecule has 0 aliphatic heterocycles. The van der Waals surface area contributed by atoms with Gasteiger partial charge >= 0.3 is 0 Å². The zero-order valence-electron chi connectivity index (χ0n) is 15.6. The van der Waals surface area contributed by atoms with Crippen molar-refractivity contribution in [1.82, 2.24) is 9.55 Å². The molecule has 3 nitrogen and oxygen atoms in total. The molecular formula is C24H22N2O. The topological polar surface area (TPSA) is 34.9 Å². The number of ketones is 1. The number of nitrogens with zero attached hydrogens (tertiary/aromatic N) is 2. The van der Waals surface area contributed by atoms with E-state index in [-0.39, 0.29) is 5.78 Å². The molecule has 0 amide bonds. The number of carbonyl (C=O) groups is 1. The number of pyridine rings is 1. The molecule has 0 fully saturated rings. The van der Waals surface area contributed by atoms with Gasteiger partial charge in [0.1, 0.15) is 5.82 Å². The molecule has 0 unspecified atom stereocenters. The van der Waals surface area contributed by atoms with Crippen LogP contribution in [0.4, 0.5) is 0 Å². The lowest BCUT2D eigenvalue weighted by Crippen LogP contribution is -2.09. The van der Waals surface area contributed by atoms with Crippen LogP contribution in [0.25, 0.3) is 27.8 Å². The van der Waals surface area contributed by atoms with Gasteiger partial charge in [-0.1, -0.05) is 55.0 Å². The summed E-state index contributed by atoms with van der Waals surface area (Å²) < 4.78 is 2.02. The number of hydrogen-bond acceptors (Lipinski definition) is 2. The monoisotopic (exact) mass is 354 g/mol. The SMILES string of the molecule is CCCC(=O)c1c(-c2ccccc2)c2cc(C)ccc2n1-c1ccccn1. The van der Waals surface area contributed by atoms with E-state index in [1.165, 1.54) is 5.56 Å². The summed E-state index contributed by atoms with van der Waals surface area (Å²) in [5.74, 6) is 0.920. The van der Waals surface area contributed by atoms with Crippen molar-refractivity contribution in [2.75, 3.05) is 0 Å². The third-order valence-electron chi connectivity index (χ3n) is 4.80. The molecule has 0 aliphatic carbocycles. The fourth-order valence-electron chi connectivity index (χ4n) is 3.64. The minimum atomic E-state index is 0.149. The summed E-state index contributed by atoms with van der Waals surface area (Å²) >= 11 is 0. The van der Waals surface area contributed by atoms with Crippen LogP contribution < -0.4 is 0 Å². The molecule has 0 N–H and O–H groups in total. The van der Waals surface area contributed by atoms with E-state index in [9.17, 15) is 4.79 Å². The van der Waals surface area contributed by atoms with Gasteiger partial charge in [-0.25, -0.2) is 4.98 Å². The molecule has 2 aromatic heterocycles. The van der Waals surface area contributed by atoms with Gasteiger partial charge in [-0.2, -0.15) is 0 Å². The van der Waals surface area contributed by atoms with Gasteiger partial charge in [0.25, 0.3) is 0 Å². The van der Waals surface area contributed by atoms with Crippen LogP contribution >= 0.6 is 0 Å². The highest BCUT2D eigenvalue weighted by Crippen LogP contribution is 2.38. The Morgan fingerprint density at radius 3 is 2.48 bits per heavy atom. The Bertz CT molecular complexity index is 1100. The smallest absolute Gasteiger partial charge is 0.180 e. The Labute approximate surface area is 159 Å². The number of aryl methyl sites for hydroxylation is 1. The van der Waals surface area contributed by atoms with Gasteiger partial charge in [0.05, 0.1) is 11.2 Å². The first kappa shape index (κ1) is 17.2. The van der Waals surface area contributed by atoms with Gasteiger partial charge < -0.3 is 0 Å². The molecule has 134 valence electrons. The summed E-state index contributed by atoms with van der Waals surface area (Å²) in [6, 6.07) is 22.3. The maximum absolute atomic E-state index is 13.2. The maximum atomic E-state index is 13.2. The zero-order valence-corrected chi connectivity index (χ0v) is 15.6. The molecule has 2 heterocycles. The van der Waals surface area contributed by atoms with E-state index in [2.05, 4.69) is 42.2 Å². The summed E-state index contributed by atoms with van der Waals surface area (Å²) in [5.41, 5.74) is 4.97. The Morgan fingerprint density at radius 2 is 1.78 bits per heavy atom. The molecule has 0 spiro atoms. The minimum Gasteiger partial charge on any atom is -0.292 e. The van der Waals surface area contributed by atoms with E-state index in [1.807, 2.05) is 47.9 Å². The van der Waals surface area contributed by atoms with Crippen molar-refractivity contribution in [3.8, 4) is 16.9 Å². The first-order valence-electron chi connectivity index (χ1n) is 9.35. The number of benzene rings is 2. The predicted octanol–water partition coefficient (Wildman–Crippen LogP) is 5.98. The predicted molar refractivity (Wildman–Crippen MR) is 110 cm³/mol.